The molecule has 0 spiro atoms. The summed E-state index contributed by atoms with van der Waals surface area (Å²) in [6.07, 6.45) is 20.1. The van der Waals surface area contributed by atoms with Crippen molar-refractivity contribution in [2.45, 2.75) is 178 Å². The first-order valence-electron chi connectivity index (χ1n) is 32.5. The number of hydrogen-bond acceptors (Lipinski definition) is 6. The molecule has 9 nitrogen and oxygen atoms in total. The molecule has 442 valence electrons. The molecule has 2 aromatic carbocycles. The van der Waals surface area contributed by atoms with Gasteiger partial charge < -0.3 is 23.9 Å². The molecule has 1 saturated heterocycles. The van der Waals surface area contributed by atoms with Crippen molar-refractivity contribution in [3.8, 4) is 22.5 Å². The second-order valence-electron chi connectivity index (χ2n) is 29.2. The summed E-state index contributed by atoms with van der Waals surface area (Å²) in [7, 11) is 2.18. The number of anilines is 1. The molecule has 0 unspecified atom stereocenters. The molecule has 83 heavy (non-hydrogen) atoms. The van der Waals surface area contributed by atoms with Crippen molar-refractivity contribution >= 4 is 29.0 Å². The molecule has 4 saturated carbocycles. The predicted octanol–water partition coefficient (Wildman–Crippen LogP) is 15.2. The first-order valence-corrected chi connectivity index (χ1v) is 32.5. The molecular formula is C74H97N4O5+. The first kappa shape index (κ1) is 57.7. The smallest absolute Gasteiger partial charge is 0.302 e. The standard InChI is InChI=1S/C74H97N4O5/c1-14-76(15-2)51-29-30-54-59(46-51)83-66-50(28-33-62-69(6,7)56-26-18-19-27-58(56)75(62)13)22-20-25-55(66)64(54)52-23-16-17-24-53(52)67(80)77-42-21-43-78(45-44-77)68(81)74-39-34-47(3)48(4)65(74)57-31-32-61-71(10)37-36-63(82-49(5)79)70(8,9)60(71)35-38-73(61,12)72(57,11)40-41-74/h16-19,23-24,26-31,33,46-48,60-61,63,65H,14-15,20-22,25,32,34-45H2,1-13H3/q+1/t47-,48+,60+,61-,63+,65+,71+,72-,73-,74+/m1/s1. The van der Waals surface area contributed by atoms with Gasteiger partial charge in [0.25, 0.3) is 5.91 Å². The van der Waals surface area contributed by atoms with Gasteiger partial charge in [0.15, 0.2) is 0 Å². The number of hydrogen-bond donors (Lipinski definition) is 0. The fourth-order valence-electron chi connectivity index (χ4n) is 20.0. The molecule has 0 aromatic heterocycles. The van der Waals surface area contributed by atoms with Crippen LogP contribution in [0.2, 0.25) is 0 Å². The number of amides is 2. The van der Waals surface area contributed by atoms with Crippen LogP contribution >= 0.6 is 0 Å². The van der Waals surface area contributed by atoms with Crippen molar-refractivity contribution < 1.29 is 23.5 Å². The summed E-state index contributed by atoms with van der Waals surface area (Å²) >= 11 is 0. The Morgan fingerprint density at radius 2 is 1.49 bits per heavy atom. The van der Waals surface area contributed by atoms with E-state index >= 15 is 9.59 Å². The number of nitrogens with zero attached hydrogens (tertiary/aromatic N) is 4. The third-order valence-electron chi connectivity index (χ3n) is 24.9. The molecule has 7 aliphatic carbocycles. The van der Waals surface area contributed by atoms with Gasteiger partial charge in [-0.25, -0.2) is 4.58 Å². The van der Waals surface area contributed by atoms with E-state index in [-0.39, 0.29) is 51.0 Å². The molecule has 2 amide bonds. The van der Waals surface area contributed by atoms with Crippen LogP contribution in [0.3, 0.4) is 0 Å². The fourth-order valence-corrected chi connectivity index (χ4v) is 20.0. The first-order chi connectivity index (χ1) is 39.5. The highest BCUT2D eigenvalue weighted by atomic mass is 16.5. The van der Waals surface area contributed by atoms with E-state index < -0.39 is 5.41 Å². The summed E-state index contributed by atoms with van der Waals surface area (Å²) in [4.78, 5) is 50.5. The quantitative estimate of drug-likeness (QED) is 0.104. The lowest BCUT2D eigenvalue weighted by Crippen LogP contribution is -2.66. The summed E-state index contributed by atoms with van der Waals surface area (Å²) in [5, 5.41) is 1.13. The number of rotatable bonds is 7. The van der Waals surface area contributed by atoms with Gasteiger partial charge in [-0.3, -0.25) is 14.4 Å². The number of para-hydroxylation sites is 1. The molecule has 10 aliphatic rings. The highest BCUT2D eigenvalue weighted by molar-refractivity contribution is 6.04. The van der Waals surface area contributed by atoms with Crippen LogP contribution in [0, 0.1) is 56.7 Å². The Kier molecular flexibility index (Phi) is 14.7. The van der Waals surface area contributed by atoms with Gasteiger partial charge in [0, 0.05) is 90.7 Å². The van der Waals surface area contributed by atoms with Gasteiger partial charge in [0.2, 0.25) is 11.3 Å². The van der Waals surface area contributed by atoms with Crippen LogP contribution in [0.4, 0.5) is 5.69 Å². The number of ether oxygens (including phenoxy) is 1. The molecule has 0 radical (unpaired) electrons. The zero-order valence-electron chi connectivity index (χ0n) is 52.8. The summed E-state index contributed by atoms with van der Waals surface area (Å²) < 4.78 is 15.6. The maximum absolute atomic E-state index is 16.0. The van der Waals surface area contributed by atoms with E-state index in [4.69, 9.17) is 9.15 Å². The van der Waals surface area contributed by atoms with Crippen molar-refractivity contribution in [3.05, 3.63) is 124 Å². The van der Waals surface area contributed by atoms with E-state index in [1.807, 2.05) is 12.1 Å². The molecule has 0 bridgehead atoms. The summed E-state index contributed by atoms with van der Waals surface area (Å²) in [5.41, 5.74) is 11.1. The van der Waals surface area contributed by atoms with Gasteiger partial charge >= 0.3 is 5.97 Å². The second kappa shape index (κ2) is 21.1. The van der Waals surface area contributed by atoms with Gasteiger partial charge in [0.1, 0.15) is 30.7 Å². The average molecular weight is 1120 g/mol. The van der Waals surface area contributed by atoms with Crippen LogP contribution in [-0.2, 0) is 26.2 Å². The van der Waals surface area contributed by atoms with Crippen molar-refractivity contribution in [1.29, 1.82) is 0 Å². The maximum atomic E-state index is 16.0. The molecule has 10 atom stereocenters. The van der Waals surface area contributed by atoms with Crippen LogP contribution in [-0.4, -0.2) is 80.0 Å². The van der Waals surface area contributed by atoms with Gasteiger partial charge in [-0.15, -0.1) is 0 Å². The number of fused-ring (bicyclic) bond motifs is 10. The second-order valence-corrected chi connectivity index (χ2v) is 29.2. The van der Waals surface area contributed by atoms with Crippen molar-refractivity contribution in [1.82, 2.24) is 14.4 Å². The maximum Gasteiger partial charge on any atom is 0.302 e. The van der Waals surface area contributed by atoms with Crippen molar-refractivity contribution in [2.24, 2.45) is 56.7 Å². The molecule has 2 aromatic rings. The summed E-state index contributed by atoms with van der Waals surface area (Å²) in [6.45, 7) is 32.2. The van der Waals surface area contributed by atoms with Crippen molar-refractivity contribution in [3.63, 3.8) is 0 Å². The number of carbonyl (C=O) groups is 3. The van der Waals surface area contributed by atoms with E-state index in [2.05, 4.69) is 175 Å². The lowest BCUT2D eigenvalue weighted by Gasteiger charge is -2.71. The van der Waals surface area contributed by atoms with Crippen molar-refractivity contribution in [2.75, 3.05) is 51.2 Å². The summed E-state index contributed by atoms with van der Waals surface area (Å²) in [6, 6.07) is 23.7. The minimum Gasteiger partial charge on any atom is -0.462 e. The highest BCUT2D eigenvalue weighted by Gasteiger charge is 2.70. The van der Waals surface area contributed by atoms with E-state index in [0.717, 1.165) is 130 Å². The Labute approximate surface area is 497 Å². The number of carbonyl (C=O) groups excluding carboxylic acids is 3. The zero-order chi connectivity index (χ0) is 58.8. The Bertz CT molecular complexity index is 3390. The highest BCUT2D eigenvalue weighted by Crippen LogP contribution is 2.76. The number of benzene rings is 3. The van der Waals surface area contributed by atoms with Gasteiger partial charge in [0.05, 0.1) is 11.5 Å². The van der Waals surface area contributed by atoms with Gasteiger partial charge in [-0.05, 0) is 184 Å². The van der Waals surface area contributed by atoms with Crippen LogP contribution in [0.15, 0.2) is 101 Å². The molecule has 3 aliphatic heterocycles. The Morgan fingerprint density at radius 3 is 2.25 bits per heavy atom. The monoisotopic (exact) mass is 1120 g/mol. The van der Waals surface area contributed by atoms with E-state index in [9.17, 15) is 4.79 Å². The minimum atomic E-state index is -0.445. The molecule has 0 N–H and O–H groups in total. The Balaban J connectivity index is 0.847. The lowest BCUT2D eigenvalue weighted by molar-refractivity contribution is -0.213. The number of likely N-dealkylation sites (N-methyl/N-ethyl adjacent to an activating group) is 1. The van der Waals surface area contributed by atoms with E-state index in [0.29, 0.717) is 61.3 Å². The molecule has 5 fully saturated rings. The minimum absolute atomic E-state index is 0.00663. The molecular weight excluding hydrogens is 1020 g/mol. The normalized spacial score (nSPS) is 33.5. The van der Waals surface area contributed by atoms with E-state index in [1.165, 1.54) is 28.1 Å². The number of esters is 1. The average Bonchev–Trinajstić information content (AvgIpc) is 1.39. The van der Waals surface area contributed by atoms with Crippen LogP contribution in [0.25, 0.3) is 28.0 Å². The van der Waals surface area contributed by atoms with Crippen LogP contribution in [0.1, 0.15) is 187 Å². The zero-order valence-corrected chi connectivity index (χ0v) is 52.8. The number of allylic oxidation sites excluding steroid dienone is 6. The largest absolute Gasteiger partial charge is 0.462 e. The summed E-state index contributed by atoms with van der Waals surface area (Å²) in [5.74, 6) is 4.10. The predicted molar refractivity (Wildman–Crippen MR) is 336 cm³/mol. The lowest BCUT2D eigenvalue weighted by atomic mass is 9.33. The van der Waals surface area contributed by atoms with Crippen LogP contribution in [0.5, 0.6) is 0 Å². The van der Waals surface area contributed by atoms with E-state index in [1.54, 1.807) is 12.5 Å². The SMILES string of the molecule is CC[N+](CC)=c1ccc2c(-c3ccccc3C(=O)N3CCCN(C(=O)[C@]45CC[C@@H](C)[C@H](C)[C@H]4C4=CC[C@@H]6[C@@]7(C)CC[C@H](OC(C)=O)C(C)(C)[C@@H]7CC[C@@]6(C)[C@]4(C)CC5)CC3)c3c(oc-2c1)/C(=C/C=C1/N(C)c2ccccc2C1(C)C)CCC3. The molecule has 3 heterocycles. The third kappa shape index (κ3) is 8.84. The van der Waals surface area contributed by atoms with Crippen LogP contribution < -0.4 is 14.8 Å². The molecule has 12 rings (SSSR count). The molecule has 9 heteroatoms. The third-order valence-corrected chi connectivity index (χ3v) is 24.9. The van der Waals surface area contributed by atoms with Gasteiger partial charge in [-0.2, -0.15) is 0 Å². The fraction of sp³-hybridized carbons (Fsp3) is 0.595. The topological polar surface area (TPSA) is 86.3 Å². The van der Waals surface area contributed by atoms with Gasteiger partial charge in [-0.1, -0.05) is 116 Å². The Morgan fingerprint density at radius 1 is 0.759 bits per heavy atom. The Hall–Kier alpha value is -5.70.